The Morgan fingerprint density at radius 3 is 2.93 bits per heavy atom. The second-order valence-electron chi connectivity index (χ2n) is 8.80. The van der Waals surface area contributed by atoms with Crippen molar-refractivity contribution in [3.8, 4) is 0 Å². The SMILES string of the molecule is CC(C)(C)c1cc(C(=O)N[C@@H]2CCCN(c3ccc(CN)c4[nH]ccc34)C2)no1. The Kier molecular flexibility index (Phi) is 5.08. The van der Waals surface area contributed by atoms with Gasteiger partial charge in [-0.25, -0.2) is 0 Å². The zero-order chi connectivity index (χ0) is 20.6. The second-order valence-corrected chi connectivity index (χ2v) is 8.80. The zero-order valence-corrected chi connectivity index (χ0v) is 17.3. The summed E-state index contributed by atoms with van der Waals surface area (Å²) < 4.78 is 5.36. The third-order valence-electron chi connectivity index (χ3n) is 5.59. The molecular weight excluding hydrogens is 366 g/mol. The largest absolute Gasteiger partial charge is 0.369 e. The summed E-state index contributed by atoms with van der Waals surface area (Å²) in [6.07, 6.45) is 3.92. The summed E-state index contributed by atoms with van der Waals surface area (Å²) in [5.74, 6) is 0.532. The Morgan fingerprint density at radius 2 is 2.21 bits per heavy atom. The van der Waals surface area contributed by atoms with E-state index in [-0.39, 0.29) is 17.4 Å². The number of fused-ring (bicyclic) bond motifs is 1. The smallest absolute Gasteiger partial charge is 0.273 e. The van der Waals surface area contributed by atoms with Crippen LogP contribution < -0.4 is 16.0 Å². The molecule has 1 fully saturated rings. The zero-order valence-electron chi connectivity index (χ0n) is 17.3. The lowest BCUT2D eigenvalue weighted by Gasteiger charge is -2.35. The van der Waals surface area contributed by atoms with E-state index < -0.39 is 0 Å². The van der Waals surface area contributed by atoms with Gasteiger partial charge in [0.05, 0.1) is 5.52 Å². The number of benzene rings is 1. The monoisotopic (exact) mass is 395 g/mol. The lowest BCUT2D eigenvalue weighted by molar-refractivity contribution is 0.0923. The molecule has 0 spiro atoms. The van der Waals surface area contributed by atoms with E-state index in [1.54, 1.807) is 6.07 Å². The van der Waals surface area contributed by atoms with E-state index in [9.17, 15) is 4.79 Å². The Hall–Kier alpha value is -2.80. The van der Waals surface area contributed by atoms with Gasteiger partial charge >= 0.3 is 0 Å². The van der Waals surface area contributed by atoms with Crippen molar-refractivity contribution in [3.63, 3.8) is 0 Å². The van der Waals surface area contributed by atoms with Crippen LogP contribution in [0.4, 0.5) is 5.69 Å². The van der Waals surface area contributed by atoms with Gasteiger partial charge in [-0.3, -0.25) is 4.79 Å². The van der Waals surface area contributed by atoms with Crippen LogP contribution in [0.1, 0.15) is 55.4 Å². The Labute approximate surface area is 170 Å². The molecule has 0 saturated carbocycles. The summed E-state index contributed by atoms with van der Waals surface area (Å²) in [4.78, 5) is 18.3. The molecule has 4 N–H and O–H groups in total. The highest BCUT2D eigenvalue weighted by Crippen LogP contribution is 2.31. The normalized spacial score (nSPS) is 17.7. The minimum Gasteiger partial charge on any atom is -0.369 e. The van der Waals surface area contributed by atoms with E-state index in [2.05, 4.69) is 38.6 Å². The second kappa shape index (κ2) is 7.55. The van der Waals surface area contributed by atoms with Gasteiger partial charge in [0.25, 0.3) is 5.91 Å². The van der Waals surface area contributed by atoms with Gasteiger partial charge in [-0.05, 0) is 30.5 Å². The number of carbonyl (C=O) groups is 1. The van der Waals surface area contributed by atoms with E-state index in [1.807, 2.05) is 27.0 Å². The molecule has 1 amide bonds. The molecule has 0 unspecified atom stereocenters. The molecule has 154 valence electrons. The van der Waals surface area contributed by atoms with Crippen LogP contribution >= 0.6 is 0 Å². The third kappa shape index (κ3) is 3.87. The van der Waals surface area contributed by atoms with Crippen LogP contribution in [0.25, 0.3) is 10.9 Å². The van der Waals surface area contributed by atoms with E-state index in [0.717, 1.165) is 37.0 Å². The number of nitrogens with two attached hydrogens (primary N) is 1. The molecule has 7 heteroatoms. The molecule has 7 nitrogen and oxygen atoms in total. The molecule has 1 aliphatic heterocycles. The number of nitrogens with zero attached hydrogens (tertiary/aromatic N) is 2. The highest BCUT2D eigenvalue weighted by molar-refractivity contribution is 5.95. The van der Waals surface area contributed by atoms with Crippen LogP contribution in [-0.4, -0.2) is 35.2 Å². The van der Waals surface area contributed by atoms with Gasteiger partial charge in [-0.2, -0.15) is 0 Å². The van der Waals surface area contributed by atoms with Crippen molar-refractivity contribution in [2.45, 2.75) is 51.6 Å². The van der Waals surface area contributed by atoms with Crippen LogP contribution in [0.5, 0.6) is 0 Å². The number of nitrogens with one attached hydrogen (secondary N) is 2. The number of hydrogen-bond donors (Lipinski definition) is 3. The van der Waals surface area contributed by atoms with Gasteiger partial charge in [-0.15, -0.1) is 0 Å². The molecule has 0 aliphatic carbocycles. The number of aromatic nitrogens is 2. The Morgan fingerprint density at radius 1 is 1.38 bits per heavy atom. The first-order valence-electron chi connectivity index (χ1n) is 10.2. The Balaban J connectivity index is 1.48. The average Bonchev–Trinajstić information content (AvgIpc) is 3.37. The maximum absolute atomic E-state index is 12.7. The number of carbonyl (C=O) groups excluding carboxylic acids is 1. The first-order valence-corrected chi connectivity index (χ1v) is 10.2. The predicted molar refractivity (Wildman–Crippen MR) is 114 cm³/mol. The first-order chi connectivity index (χ1) is 13.9. The standard InChI is InChI=1S/C22H29N5O2/c1-22(2,3)19-11-17(26-29-19)21(28)25-15-5-4-10-27(13-15)18-7-6-14(12-23)20-16(18)8-9-24-20/h6-9,11,15,24H,4-5,10,12-13,23H2,1-3H3,(H,25,28)/t15-/m1/s1. The highest BCUT2D eigenvalue weighted by atomic mass is 16.5. The summed E-state index contributed by atoms with van der Waals surface area (Å²) in [6, 6.07) is 8.12. The lowest BCUT2D eigenvalue weighted by Crippen LogP contribution is -2.48. The van der Waals surface area contributed by atoms with Crippen molar-refractivity contribution in [2.75, 3.05) is 18.0 Å². The van der Waals surface area contributed by atoms with Gasteiger partial charge < -0.3 is 25.5 Å². The van der Waals surface area contributed by atoms with Gasteiger partial charge in [-0.1, -0.05) is 32.0 Å². The van der Waals surface area contributed by atoms with E-state index in [0.29, 0.717) is 18.0 Å². The summed E-state index contributed by atoms with van der Waals surface area (Å²) >= 11 is 0. The van der Waals surface area contributed by atoms with Gasteiger partial charge in [0.1, 0.15) is 5.76 Å². The molecule has 2 aromatic heterocycles. The van der Waals surface area contributed by atoms with Crippen molar-refractivity contribution < 1.29 is 9.32 Å². The minimum absolute atomic E-state index is 0.0641. The van der Waals surface area contributed by atoms with Crippen LogP contribution in [-0.2, 0) is 12.0 Å². The average molecular weight is 396 g/mol. The fourth-order valence-corrected chi connectivity index (χ4v) is 3.96. The topological polar surface area (TPSA) is 100 Å². The number of hydrogen-bond acceptors (Lipinski definition) is 5. The lowest BCUT2D eigenvalue weighted by atomic mass is 9.93. The third-order valence-corrected chi connectivity index (χ3v) is 5.59. The highest BCUT2D eigenvalue weighted by Gasteiger charge is 2.26. The molecule has 1 saturated heterocycles. The van der Waals surface area contributed by atoms with E-state index >= 15 is 0 Å². The molecule has 4 rings (SSSR count). The van der Waals surface area contributed by atoms with Crippen LogP contribution in [0.3, 0.4) is 0 Å². The fraction of sp³-hybridized carbons (Fsp3) is 0.455. The number of aromatic amines is 1. The molecule has 0 radical (unpaired) electrons. The van der Waals surface area contributed by atoms with Gasteiger partial charge in [0.2, 0.25) is 0 Å². The number of rotatable bonds is 4. The van der Waals surface area contributed by atoms with Crippen molar-refractivity contribution in [2.24, 2.45) is 5.73 Å². The number of piperidine rings is 1. The van der Waals surface area contributed by atoms with Crippen LogP contribution in [0, 0.1) is 0 Å². The molecule has 3 aromatic rings. The summed E-state index contributed by atoms with van der Waals surface area (Å²) in [7, 11) is 0. The molecule has 29 heavy (non-hydrogen) atoms. The minimum atomic E-state index is -0.179. The summed E-state index contributed by atoms with van der Waals surface area (Å²) in [5, 5.41) is 8.27. The molecule has 1 aromatic carbocycles. The summed E-state index contributed by atoms with van der Waals surface area (Å²) in [6.45, 7) is 8.33. The molecule has 0 bridgehead atoms. The first kappa shape index (κ1) is 19.5. The molecule has 1 atom stereocenters. The summed E-state index contributed by atoms with van der Waals surface area (Å²) in [5.41, 5.74) is 9.41. The van der Waals surface area contributed by atoms with Crippen LogP contribution in [0.2, 0.25) is 0 Å². The quantitative estimate of drug-likeness (QED) is 0.629. The number of H-pyrrole nitrogens is 1. The fourth-order valence-electron chi connectivity index (χ4n) is 3.96. The van der Waals surface area contributed by atoms with E-state index in [1.165, 1.54) is 11.1 Å². The maximum atomic E-state index is 12.7. The molecule has 1 aliphatic rings. The van der Waals surface area contributed by atoms with Crippen molar-refractivity contribution in [1.82, 2.24) is 15.5 Å². The molecule has 3 heterocycles. The number of amides is 1. The van der Waals surface area contributed by atoms with Crippen molar-refractivity contribution in [3.05, 3.63) is 47.5 Å². The number of anilines is 1. The Bertz CT molecular complexity index is 1010. The van der Waals surface area contributed by atoms with Crippen LogP contribution in [0.15, 0.2) is 35.0 Å². The maximum Gasteiger partial charge on any atom is 0.273 e. The van der Waals surface area contributed by atoms with E-state index in [4.69, 9.17) is 10.3 Å². The molecular formula is C22H29N5O2. The van der Waals surface area contributed by atoms with Crippen molar-refractivity contribution in [1.29, 1.82) is 0 Å². The van der Waals surface area contributed by atoms with Gasteiger partial charge in [0.15, 0.2) is 5.69 Å². The predicted octanol–water partition coefficient (Wildman–Crippen LogP) is 3.31. The van der Waals surface area contributed by atoms with Gasteiger partial charge in [0, 0.05) is 54.4 Å². The van der Waals surface area contributed by atoms with Crippen molar-refractivity contribution >= 4 is 22.5 Å².